The molecule has 0 aliphatic rings. The third-order valence-corrected chi connectivity index (χ3v) is 6.27. The molecule has 0 spiro atoms. The summed E-state index contributed by atoms with van der Waals surface area (Å²) >= 11 is 3.15. The topological polar surface area (TPSA) is 79.6 Å². The molecule has 0 saturated carbocycles. The lowest BCUT2D eigenvalue weighted by atomic mass is 10.3. The van der Waals surface area contributed by atoms with E-state index in [4.69, 9.17) is 4.42 Å². The fraction of sp³-hybridized carbons (Fsp3) is 0.353. The number of thioether (sulfide) groups is 2. The summed E-state index contributed by atoms with van der Waals surface area (Å²) in [5, 5.41) is 2.76. The van der Waals surface area contributed by atoms with E-state index in [9.17, 15) is 13.2 Å². The SMILES string of the molecule is CSc1cccc(N(CC(=O)NCCSCc2ccco2)S(C)(=O)=O)c1. The Morgan fingerprint density at radius 3 is 2.73 bits per heavy atom. The molecule has 0 saturated heterocycles. The van der Waals surface area contributed by atoms with Gasteiger partial charge in [-0.25, -0.2) is 8.42 Å². The van der Waals surface area contributed by atoms with Gasteiger partial charge in [-0.05, 0) is 36.6 Å². The van der Waals surface area contributed by atoms with Crippen LogP contribution in [0.2, 0.25) is 0 Å². The fourth-order valence-electron chi connectivity index (χ4n) is 2.18. The molecule has 26 heavy (non-hydrogen) atoms. The molecule has 1 aromatic heterocycles. The summed E-state index contributed by atoms with van der Waals surface area (Å²) in [5.41, 5.74) is 0.488. The predicted molar refractivity (Wildman–Crippen MR) is 108 cm³/mol. The standard InChI is InChI=1S/C17H22N2O4S3/c1-24-16-7-3-5-14(11-16)19(26(2,21)22)12-17(20)18-8-10-25-13-15-6-4-9-23-15/h3-7,9,11H,8,10,12-13H2,1-2H3,(H,18,20). The summed E-state index contributed by atoms with van der Waals surface area (Å²) in [6, 6.07) is 10.9. The second kappa shape index (κ2) is 9.94. The molecule has 1 N–H and O–H groups in total. The van der Waals surface area contributed by atoms with E-state index in [1.54, 1.807) is 36.2 Å². The maximum Gasteiger partial charge on any atom is 0.240 e. The van der Waals surface area contributed by atoms with E-state index in [1.807, 2.05) is 24.5 Å². The van der Waals surface area contributed by atoms with Gasteiger partial charge in [-0.3, -0.25) is 9.10 Å². The van der Waals surface area contributed by atoms with Crippen molar-refractivity contribution in [3.63, 3.8) is 0 Å². The number of amides is 1. The molecule has 142 valence electrons. The highest BCUT2D eigenvalue weighted by molar-refractivity contribution is 7.98. The van der Waals surface area contributed by atoms with Crippen LogP contribution in [0.15, 0.2) is 52.0 Å². The van der Waals surface area contributed by atoms with Crippen LogP contribution in [0.25, 0.3) is 0 Å². The predicted octanol–water partition coefficient (Wildman–Crippen LogP) is 2.82. The Labute approximate surface area is 162 Å². The van der Waals surface area contributed by atoms with Crippen molar-refractivity contribution >= 4 is 45.1 Å². The zero-order valence-electron chi connectivity index (χ0n) is 14.7. The van der Waals surface area contributed by atoms with Gasteiger partial charge in [-0.15, -0.1) is 11.8 Å². The first-order valence-electron chi connectivity index (χ1n) is 7.89. The Hall–Kier alpha value is -1.58. The molecule has 2 rings (SSSR count). The van der Waals surface area contributed by atoms with E-state index < -0.39 is 10.0 Å². The van der Waals surface area contributed by atoms with Gasteiger partial charge in [0.15, 0.2) is 0 Å². The Balaban J connectivity index is 1.86. The van der Waals surface area contributed by atoms with Crippen LogP contribution in [-0.4, -0.2) is 45.7 Å². The fourth-order valence-corrected chi connectivity index (χ4v) is 4.24. The first-order chi connectivity index (χ1) is 12.4. The highest BCUT2D eigenvalue weighted by Crippen LogP contribution is 2.23. The van der Waals surface area contributed by atoms with Crippen molar-refractivity contribution in [2.24, 2.45) is 0 Å². The molecule has 0 fully saturated rings. The van der Waals surface area contributed by atoms with Crippen molar-refractivity contribution in [2.45, 2.75) is 10.6 Å². The van der Waals surface area contributed by atoms with E-state index in [0.717, 1.165) is 27.0 Å². The summed E-state index contributed by atoms with van der Waals surface area (Å²) in [6.07, 6.45) is 4.64. The largest absolute Gasteiger partial charge is 0.468 e. The smallest absolute Gasteiger partial charge is 0.240 e. The minimum Gasteiger partial charge on any atom is -0.468 e. The molecule has 1 heterocycles. The molecule has 0 unspecified atom stereocenters. The highest BCUT2D eigenvalue weighted by Gasteiger charge is 2.20. The first-order valence-corrected chi connectivity index (χ1v) is 12.1. The molecule has 2 aromatic rings. The summed E-state index contributed by atoms with van der Waals surface area (Å²) in [6.45, 7) is 0.228. The zero-order valence-corrected chi connectivity index (χ0v) is 17.1. The Morgan fingerprint density at radius 1 is 1.27 bits per heavy atom. The second-order valence-electron chi connectivity index (χ2n) is 5.45. The average Bonchev–Trinajstić information content (AvgIpc) is 3.12. The minimum atomic E-state index is -3.56. The monoisotopic (exact) mass is 414 g/mol. The lowest BCUT2D eigenvalue weighted by Crippen LogP contribution is -2.41. The average molecular weight is 415 g/mol. The lowest BCUT2D eigenvalue weighted by Gasteiger charge is -2.22. The number of rotatable bonds is 10. The first kappa shape index (κ1) is 20.7. The van der Waals surface area contributed by atoms with Gasteiger partial charge in [0.1, 0.15) is 12.3 Å². The number of furan rings is 1. The molecule has 0 atom stereocenters. The summed E-state index contributed by atoms with van der Waals surface area (Å²) < 4.78 is 30.6. The third kappa shape index (κ3) is 6.62. The number of hydrogen-bond acceptors (Lipinski definition) is 6. The number of hydrogen-bond donors (Lipinski definition) is 1. The van der Waals surface area contributed by atoms with Crippen LogP contribution < -0.4 is 9.62 Å². The normalized spacial score (nSPS) is 11.3. The molecule has 0 aliphatic heterocycles. The van der Waals surface area contributed by atoms with E-state index in [-0.39, 0.29) is 12.5 Å². The number of sulfonamides is 1. The van der Waals surface area contributed by atoms with Crippen molar-refractivity contribution in [2.75, 3.05) is 35.7 Å². The number of nitrogens with zero attached hydrogens (tertiary/aromatic N) is 1. The van der Waals surface area contributed by atoms with Crippen molar-refractivity contribution in [1.82, 2.24) is 5.32 Å². The number of anilines is 1. The highest BCUT2D eigenvalue weighted by atomic mass is 32.2. The van der Waals surface area contributed by atoms with Crippen LogP contribution in [0, 0.1) is 0 Å². The molecule has 0 radical (unpaired) electrons. The molecular formula is C17H22N2O4S3. The van der Waals surface area contributed by atoms with Crippen molar-refractivity contribution in [3.8, 4) is 0 Å². The van der Waals surface area contributed by atoms with Crippen LogP contribution in [-0.2, 0) is 20.6 Å². The van der Waals surface area contributed by atoms with E-state index >= 15 is 0 Å². The minimum absolute atomic E-state index is 0.237. The summed E-state index contributed by atoms with van der Waals surface area (Å²) in [7, 11) is -3.56. The maximum atomic E-state index is 12.2. The van der Waals surface area contributed by atoms with Crippen LogP contribution >= 0.6 is 23.5 Å². The Morgan fingerprint density at radius 2 is 2.08 bits per heavy atom. The zero-order chi connectivity index (χ0) is 19.0. The molecule has 9 heteroatoms. The van der Waals surface area contributed by atoms with E-state index in [2.05, 4.69) is 5.32 Å². The van der Waals surface area contributed by atoms with Crippen molar-refractivity contribution in [3.05, 3.63) is 48.4 Å². The number of nitrogens with one attached hydrogen (secondary N) is 1. The van der Waals surface area contributed by atoms with Gasteiger partial charge in [0, 0.05) is 17.2 Å². The van der Waals surface area contributed by atoms with E-state index in [1.165, 1.54) is 11.8 Å². The quantitative estimate of drug-likeness (QED) is 0.476. The van der Waals surface area contributed by atoms with Gasteiger partial charge in [0.05, 0.1) is 24.0 Å². The molecule has 0 aliphatic carbocycles. The molecule has 1 amide bonds. The maximum absolute atomic E-state index is 12.2. The number of carbonyl (C=O) groups is 1. The molecular weight excluding hydrogens is 392 g/mol. The third-order valence-electron chi connectivity index (χ3n) is 3.42. The van der Waals surface area contributed by atoms with Gasteiger partial charge in [-0.2, -0.15) is 11.8 Å². The van der Waals surface area contributed by atoms with Crippen LogP contribution in [0.4, 0.5) is 5.69 Å². The van der Waals surface area contributed by atoms with Crippen molar-refractivity contribution < 1.29 is 17.6 Å². The Bertz CT molecular complexity index is 807. The Kier molecular flexibility index (Phi) is 7.92. The van der Waals surface area contributed by atoms with Crippen molar-refractivity contribution in [1.29, 1.82) is 0 Å². The van der Waals surface area contributed by atoms with Gasteiger partial charge in [0.2, 0.25) is 15.9 Å². The number of benzene rings is 1. The molecule has 1 aromatic carbocycles. The van der Waals surface area contributed by atoms with Gasteiger partial charge >= 0.3 is 0 Å². The number of carbonyl (C=O) groups excluding carboxylic acids is 1. The van der Waals surface area contributed by atoms with Crippen LogP contribution in [0.3, 0.4) is 0 Å². The van der Waals surface area contributed by atoms with Gasteiger partial charge in [-0.1, -0.05) is 6.07 Å². The summed E-state index contributed by atoms with van der Waals surface area (Å²) in [4.78, 5) is 13.1. The second-order valence-corrected chi connectivity index (χ2v) is 9.34. The van der Waals surface area contributed by atoms with Gasteiger partial charge in [0.25, 0.3) is 0 Å². The van der Waals surface area contributed by atoms with E-state index in [0.29, 0.717) is 18.0 Å². The van der Waals surface area contributed by atoms with Gasteiger partial charge < -0.3 is 9.73 Å². The van der Waals surface area contributed by atoms with Crippen LogP contribution in [0.1, 0.15) is 5.76 Å². The summed E-state index contributed by atoms with van der Waals surface area (Å²) in [5.74, 6) is 2.01. The lowest BCUT2D eigenvalue weighted by molar-refractivity contribution is -0.119. The molecule has 6 nitrogen and oxygen atoms in total. The molecule has 0 bridgehead atoms. The van der Waals surface area contributed by atoms with Crippen LogP contribution in [0.5, 0.6) is 0 Å².